The summed E-state index contributed by atoms with van der Waals surface area (Å²) in [5.74, 6) is -0.296. The van der Waals surface area contributed by atoms with Crippen LogP contribution in [0.1, 0.15) is 41.6 Å². The van der Waals surface area contributed by atoms with Gasteiger partial charge < -0.3 is 9.47 Å². The van der Waals surface area contributed by atoms with Crippen molar-refractivity contribution in [2.24, 2.45) is 4.99 Å². The van der Waals surface area contributed by atoms with Gasteiger partial charge in [0.15, 0.2) is 11.5 Å². The van der Waals surface area contributed by atoms with Gasteiger partial charge in [0, 0.05) is 24.4 Å². The minimum Gasteiger partial charge on any atom is -0.493 e. The molecule has 2 aromatic rings. The van der Waals surface area contributed by atoms with Gasteiger partial charge in [0.05, 0.1) is 25.8 Å². The molecule has 146 valence electrons. The van der Waals surface area contributed by atoms with Gasteiger partial charge in [0.2, 0.25) is 5.91 Å². The van der Waals surface area contributed by atoms with Crippen molar-refractivity contribution in [1.82, 2.24) is 0 Å². The van der Waals surface area contributed by atoms with Crippen molar-refractivity contribution in [2.75, 3.05) is 25.7 Å². The fourth-order valence-electron chi connectivity index (χ4n) is 3.24. The number of ether oxygens (including phenoxy) is 2. The minimum atomic E-state index is -0.598. The Morgan fingerprint density at radius 3 is 2.54 bits per heavy atom. The number of rotatable bonds is 7. The fourth-order valence-corrected chi connectivity index (χ4v) is 3.24. The van der Waals surface area contributed by atoms with Gasteiger partial charge in [-0.05, 0) is 30.2 Å². The van der Waals surface area contributed by atoms with Crippen molar-refractivity contribution in [2.45, 2.75) is 25.7 Å². The van der Waals surface area contributed by atoms with E-state index in [0.29, 0.717) is 34.9 Å². The summed E-state index contributed by atoms with van der Waals surface area (Å²) in [6, 6.07) is 12.2. The van der Waals surface area contributed by atoms with Crippen molar-refractivity contribution in [3.05, 3.63) is 53.6 Å². The first-order valence-corrected chi connectivity index (χ1v) is 9.31. The number of nitrogens with zero attached hydrogens (tertiary/aromatic N) is 2. The molecule has 1 atom stereocenters. The highest BCUT2D eigenvalue weighted by Crippen LogP contribution is 2.36. The highest BCUT2D eigenvalue weighted by Gasteiger charge is 2.39. The molecule has 1 unspecified atom stereocenters. The quantitative estimate of drug-likeness (QED) is 0.416. The average Bonchev–Trinajstić information content (AvgIpc) is 2.73. The monoisotopic (exact) mass is 380 g/mol. The van der Waals surface area contributed by atoms with Crippen LogP contribution in [0.3, 0.4) is 0 Å². The highest BCUT2D eigenvalue weighted by atomic mass is 16.5. The lowest BCUT2D eigenvalue weighted by Crippen LogP contribution is -2.45. The number of hydrogen-bond donors (Lipinski definition) is 0. The van der Waals surface area contributed by atoms with E-state index in [1.165, 1.54) is 19.1 Å². The molecule has 1 aliphatic heterocycles. The Bertz CT molecular complexity index is 907. The van der Waals surface area contributed by atoms with Crippen molar-refractivity contribution in [3.63, 3.8) is 0 Å². The van der Waals surface area contributed by atoms with Gasteiger partial charge in [0.1, 0.15) is 0 Å². The third-order valence-corrected chi connectivity index (χ3v) is 4.74. The number of fused-ring (bicyclic) bond motifs is 1. The van der Waals surface area contributed by atoms with Crippen LogP contribution in [0.15, 0.2) is 47.5 Å². The minimum absolute atomic E-state index is 0.323. The molecule has 28 heavy (non-hydrogen) atoms. The predicted molar refractivity (Wildman–Crippen MR) is 109 cm³/mol. The molecule has 1 heterocycles. The van der Waals surface area contributed by atoms with Crippen molar-refractivity contribution in [1.29, 1.82) is 0 Å². The van der Waals surface area contributed by atoms with Crippen LogP contribution < -0.4 is 14.4 Å². The van der Waals surface area contributed by atoms with Gasteiger partial charge in [-0.1, -0.05) is 31.5 Å². The molecular weight excluding hydrogens is 356 g/mol. The van der Waals surface area contributed by atoms with Crippen LogP contribution in [0.4, 0.5) is 5.69 Å². The number of imide groups is 1. The van der Waals surface area contributed by atoms with Crippen LogP contribution in [-0.4, -0.2) is 38.8 Å². The largest absolute Gasteiger partial charge is 0.493 e. The molecule has 0 aromatic heterocycles. The molecule has 0 fully saturated rings. The number of unbranched alkanes of at least 4 members (excludes halogenated alkanes) is 1. The summed E-state index contributed by atoms with van der Waals surface area (Å²) in [7, 11) is 3.05. The zero-order valence-electron chi connectivity index (χ0n) is 16.3. The van der Waals surface area contributed by atoms with Crippen LogP contribution in [0.2, 0.25) is 0 Å². The molecule has 3 rings (SSSR count). The van der Waals surface area contributed by atoms with E-state index in [0.717, 1.165) is 12.8 Å². The second kappa shape index (κ2) is 8.69. The van der Waals surface area contributed by atoms with Gasteiger partial charge >= 0.3 is 0 Å². The Balaban J connectivity index is 2.04. The van der Waals surface area contributed by atoms with Crippen LogP contribution in [0.5, 0.6) is 11.5 Å². The molecule has 2 amide bonds. The number of aliphatic imine (C=N–C) groups is 1. The summed E-state index contributed by atoms with van der Waals surface area (Å²) < 4.78 is 10.6. The zero-order chi connectivity index (χ0) is 20.1. The molecule has 0 saturated carbocycles. The Morgan fingerprint density at radius 1 is 1.07 bits per heavy atom. The van der Waals surface area contributed by atoms with Crippen molar-refractivity contribution >= 4 is 23.7 Å². The van der Waals surface area contributed by atoms with E-state index in [-0.39, 0.29) is 11.8 Å². The topological polar surface area (TPSA) is 68.2 Å². The molecule has 0 radical (unpaired) electrons. The molecule has 0 spiro atoms. The smallest absolute Gasteiger partial charge is 0.265 e. The maximum Gasteiger partial charge on any atom is 0.265 e. The number of methoxy groups -OCH3 is 2. The molecular formula is C22H24N2O4. The average molecular weight is 380 g/mol. The summed E-state index contributed by atoms with van der Waals surface area (Å²) in [5.41, 5.74) is 1.63. The normalized spacial score (nSPS) is 16.4. The molecule has 0 bridgehead atoms. The number of hydrogen-bond acceptors (Lipinski definition) is 5. The summed E-state index contributed by atoms with van der Waals surface area (Å²) in [6.07, 6.45) is 3.65. The highest BCUT2D eigenvalue weighted by molar-refractivity contribution is 6.29. The number of anilines is 1. The van der Waals surface area contributed by atoms with Gasteiger partial charge in [0.25, 0.3) is 5.91 Å². The molecule has 0 N–H and O–H groups in total. The first-order chi connectivity index (χ1) is 13.6. The van der Waals surface area contributed by atoms with Crippen LogP contribution in [0.25, 0.3) is 0 Å². The van der Waals surface area contributed by atoms with Crippen LogP contribution >= 0.6 is 0 Å². The number of benzene rings is 2. The number of carbonyl (C=O) groups excluding carboxylic acids is 2. The lowest BCUT2D eigenvalue weighted by molar-refractivity contribution is -0.118. The number of amides is 2. The van der Waals surface area contributed by atoms with E-state index in [9.17, 15) is 9.59 Å². The zero-order valence-corrected chi connectivity index (χ0v) is 16.3. The van der Waals surface area contributed by atoms with Gasteiger partial charge in [-0.2, -0.15) is 0 Å². The Kier molecular flexibility index (Phi) is 6.09. The maximum atomic E-state index is 13.3. The third-order valence-electron chi connectivity index (χ3n) is 4.74. The van der Waals surface area contributed by atoms with Crippen LogP contribution in [0, 0.1) is 0 Å². The van der Waals surface area contributed by atoms with E-state index in [4.69, 9.17) is 9.47 Å². The number of carbonyl (C=O) groups is 2. The van der Waals surface area contributed by atoms with E-state index in [1.54, 1.807) is 36.5 Å². The molecule has 2 aromatic carbocycles. The Labute approximate surface area is 164 Å². The van der Waals surface area contributed by atoms with Crippen molar-refractivity contribution in [3.8, 4) is 11.5 Å². The Morgan fingerprint density at radius 2 is 1.82 bits per heavy atom. The first-order valence-electron chi connectivity index (χ1n) is 9.31. The third kappa shape index (κ3) is 3.63. The first kappa shape index (κ1) is 19.6. The standard InChI is InChI=1S/C22H24N2O4/c1-4-5-12-23-14-18-16-8-6-7-9-17(16)21(25)24(22(18)26)15-10-11-19(27-2)20(13-15)28-3/h6-11,13-14,18H,4-5,12H2,1-3H3. The summed E-state index contributed by atoms with van der Waals surface area (Å²) >= 11 is 0. The second-order valence-corrected chi connectivity index (χ2v) is 6.49. The van der Waals surface area contributed by atoms with Crippen LogP contribution in [-0.2, 0) is 4.79 Å². The maximum absolute atomic E-state index is 13.3. The van der Waals surface area contributed by atoms with E-state index < -0.39 is 5.92 Å². The van der Waals surface area contributed by atoms with Gasteiger partial charge in [-0.15, -0.1) is 0 Å². The second-order valence-electron chi connectivity index (χ2n) is 6.49. The lowest BCUT2D eigenvalue weighted by Gasteiger charge is -2.31. The van der Waals surface area contributed by atoms with Gasteiger partial charge in [-0.25, -0.2) is 4.90 Å². The molecule has 0 saturated heterocycles. The van der Waals surface area contributed by atoms with Crippen molar-refractivity contribution < 1.29 is 19.1 Å². The van der Waals surface area contributed by atoms with Gasteiger partial charge in [-0.3, -0.25) is 14.6 Å². The summed E-state index contributed by atoms with van der Waals surface area (Å²) in [4.78, 5) is 32.0. The lowest BCUT2D eigenvalue weighted by atomic mass is 9.89. The molecule has 1 aliphatic rings. The molecule has 6 nitrogen and oxygen atoms in total. The summed E-state index contributed by atoms with van der Waals surface area (Å²) in [6.45, 7) is 2.75. The predicted octanol–water partition coefficient (Wildman–Crippen LogP) is 3.85. The van der Waals surface area contributed by atoms with E-state index in [1.807, 2.05) is 12.1 Å². The van der Waals surface area contributed by atoms with E-state index >= 15 is 0 Å². The molecule has 0 aliphatic carbocycles. The SMILES string of the molecule is CCCCN=CC1C(=O)N(c2ccc(OC)c(OC)c2)C(=O)c2ccccc21. The molecule has 6 heteroatoms. The Hall–Kier alpha value is -3.15. The summed E-state index contributed by atoms with van der Waals surface area (Å²) in [5, 5.41) is 0. The van der Waals surface area contributed by atoms with E-state index in [2.05, 4.69) is 11.9 Å². The fraction of sp³-hybridized carbons (Fsp3) is 0.318.